The second kappa shape index (κ2) is 6.21. The van der Waals surface area contributed by atoms with E-state index >= 15 is 0 Å². The van der Waals surface area contributed by atoms with Crippen molar-refractivity contribution in [3.63, 3.8) is 0 Å². The topological polar surface area (TPSA) is 82.2 Å². The minimum atomic E-state index is -0.0997. The molecule has 1 aliphatic rings. The highest BCUT2D eigenvalue weighted by molar-refractivity contribution is 5.78. The van der Waals surface area contributed by atoms with Gasteiger partial charge in [-0.15, -0.1) is 0 Å². The molecule has 1 aromatic carbocycles. The third-order valence-corrected chi connectivity index (χ3v) is 3.11. The van der Waals surface area contributed by atoms with Crippen LogP contribution in [0, 0.1) is 11.3 Å². The molecule has 2 rings (SSSR count). The van der Waals surface area contributed by atoms with Gasteiger partial charge in [0.15, 0.2) is 0 Å². The molecule has 0 radical (unpaired) electrons. The van der Waals surface area contributed by atoms with Gasteiger partial charge in [-0.25, -0.2) is 0 Å². The molecule has 100 valence electrons. The van der Waals surface area contributed by atoms with Gasteiger partial charge in [0.25, 0.3) is 0 Å². The molecule has 0 atom stereocenters. The maximum atomic E-state index is 11.7. The van der Waals surface area contributed by atoms with Crippen molar-refractivity contribution in [3.05, 3.63) is 29.8 Å². The van der Waals surface area contributed by atoms with Crippen LogP contribution in [0.4, 0.5) is 5.69 Å². The van der Waals surface area contributed by atoms with Gasteiger partial charge < -0.3 is 11.1 Å². The van der Waals surface area contributed by atoms with Gasteiger partial charge in [0.1, 0.15) is 6.54 Å². The minimum Gasteiger partial charge on any atom is -0.399 e. The summed E-state index contributed by atoms with van der Waals surface area (Å²) >= 11 is 0. The molecular formula is C14H18N4O. The quantitative estimate of drug-likeness (QED) is 0.586. The maximum Gasteiger partial charge on any atom is 0.235 e. The third-order valence-electron chi connectivity index (χ3n) is 3.11. The van der Waals surface area contributed by atoms with Crippen molar-refractivity contribution < 1.29 is 4.79 Å². The Hall–Kier alpha value is -2.06. The van der Waals surface area contributed by atoms with Gasteiger partial charge in [-0.05, 0) is 30.5 Å². The highest BCUT2D eigenvalue weighted by Crippen LogP contribution is 2.28. The molecule has 0 aromatic heterocycles. The van der Waals surface area contributed by atoms with Crippen molar-refractivity contribution in [2.75, 3.05) is 18.8 Å². The second-order valence-electron chi connectivity index (χ2n) is 4.82. The van der Waals surface area contributed by atoms with Gasteiger partial charge in [-0.1, -0.05) is 12.1 Å². The standard InChI is InChI=1S/C14H18N4O/c15-6-7-17-14(19)10-18(13-4-5-13)9-11-2-1-3-12(16)8-11/h1-3,8,13H,4-5,7,9-10,16H2,(H,17,19). The summed E-state index contributed by atoms with van der Waals surface area (Å²) in [6.07, 6.45) is 2.27. The number of rotatable bonds is 6. The van der Waals surface area contributed by atoms with Crippen LogP contribution >= 0.6 is 0 Å². The van der Waals surface area contributed by atoms with Gasteiger partial charge in [-0.2, -0.15) is 5.26 Å². The Kier molecular flexibility index (Phi) is 4.37. The summed E-state index contributed by atoms with van der Waals surface area (Å²) in [5, 5.41) is 11.0. The summed E-state index contributed by atoms with van der Waals surface area (Å²) in [5.74, 6) is -0.0997. The zero-order chi connectivity index (χ0) is 13.7. The lowest BCUT2D eigenvalue weighted by atomic mass is 10.2. The van der Waals surface area contributed by atoms with Gasteiger partial charge in [0.05, 0.1) is 12.6 Å². The summed E-state index contributed by atoms with van der Waals surface area (Å²) in [5.41, 5.74) is 7.61. The van der Waals surface area contributed by atoms with E-state index in [0.29, 0.717) is 12.6 Å². The van der Waals surface area contributed by atoms with E-state index in [0.717, 1.165) is 30.6 Å². The summed E-state index contributed by atoms with van der Waals surface area (Å²) in [6.45, 7) is 1.12. The zero-order valence-electron chi connectivity index (χ0n) is 10.8. The molecule has 1 fully saturated rings. The number of nitrogens with two attached hydrogens (primary N) is 1. The van der Waals surface area contributed by atoms with Gasteiger partial charge in [-0.3, -0.25) is 9.69 Å². The number of nitriles is 1. The lowest BCUT2D eigenvalue weighted by Crippen LogP contribution is -2.38. The molecule has 1 saturated carbocycles. The van der Waals surface area contributed by atoms with Crippen LogP contribution in [0.2, 0.25) is 0 Å². The van der Waals surface area contributed by atoms with Gasteiger partial charge >= 0.3 is 0 Å². The average molecular weight is 258 g/mol. The number of hydrogen-bond donors (Lipinski definition) is 2. The molecule has 1 aromatic rings. The molecule has 0 spiro atoms. The number of carbonyl (C=O) groups excluding carboxylic acids is 1. The zero-order valence-corrected chi connectivity index (χ0v) is 10.8. The lowest BCUT2D eigenvalue weighted by Gasteiger charge is -2.21. The Morgan fingerprint density at radius 2 is 2.32 bits per heavy atom. The number of carbonyl (C=O) groups is 1. The van der Waals surface area contributed by atoms with Crippen LogP contribution in [-0.2, 0) is 11.3 Å². The van der Waals surface area contributed by atoms with E-state index in [2.05, 4.69) is 10.2 Å². The first-order chi connectivity index (χ1) is 9.19. The monoisotopic (exact) mass is 258 g/mol. The molecular weight excluding hydrogens is 240 g/mol. The molecule has 0 aliphatic heterocycles. The van der Waals surface area contributed by atoms with Crippen LogP contribution in [0.5, 0.6) is 0 Å². The minimum absolute atomic E-state index is 0.0651. The maximum absolute atomic E-state index is 11.7. The van der Waals surface area contributed by atoms with E-state index in [9.17, 15) is 4.79 Å². The summed E-state index contributed by atoms with van der Waals surface area (Å²) in [6, 6.07) is 10.1. The fraction of sp³-hybridized carbons (Fsp3) is 0.429. The number of nitrogen functional groups attached to an aromatic ring is 1. The summed E-state index contributed by atoms with van der Waals surface area (Å²) in [7, 11) is 0. The first kappa shape index (κ1) is 13.4. The van der Waals surface area contributed by atoms with Crippen molar-refractivity contribution in [2.45, 2.75) is 25.4 Å². The number of nitrogens with zero attached hydrogens (tertiary/aromatic N) is 2. The highest BCUT2D eigenvalue weighted by atomic mass is 16.2. The van der Waals surface area contributed by atoms with Crippen molar-refractivity contribution in [1.29, 1.82) is 5.26 Å². The Bertz CT molecular complexity index is 490. The molecule has 0 bridgehead atoms. The second-order valence-corrected chi connectivity index (χ2v) is 4.82. The molecule has 0 heterocycles. The van der Waals surface area contributed by atoms with E-state index in [1.165, 1.54) is 0 Å². The molecule has 0 saturated heterocycles. The third kappa shape index (κ3) is 4.27. The normalized spacial score (nSPS) is 14.1. The van der Waals surface area contributed by atoms with Crippen molar-refractivity contribution in [2.24, 2.45) is 0 Å². The molecule has 3 N–H and O–H groups in total. The largest absolute Gasteiger partial charge is 0.399 e. The van der Waals surface area contributed by atoms with Crippen LogP contribution in [0.1, 0.15) is 18.4 Å². The molecule has 19 heavy (non-hydrogen) atoms. The Labute approximate surface area is 113 Å². The summed E-state index contributed by atoms with van der Waals surface area (Å²) < 4.78 is 0. The number of hydrogen-bond acceptors (Lipinski definition) is 4. The lowest BCUT2D eigenvalue weighted by molar-refractivity contribution is -0.122. The molecule has 5 nitrogen and oxygen atoms in total. The Morgan fingerprint density at radius 1 is 1.53 bits per heavy atom. The smallest absolute Gasteiger partial charge is 0.235 e. The van der Waals surface area contributed by atoms with E-state index in [1.54, 1.807) is 0 Å². The number of benzene rings is 1. The van der Waals surface area contributed by atoms with Crippen LogP contribution in [0.25, 0.3) is 0 Å². The molecule has 0 unspecified atom stereocenters. The predicted molar refractivity (Wildman–Crippen MR) is 72.9 cm³/mol. The van der Waals surface area contributed by atoms with Crippen molar-refractivity contribution in [1.82, 2.24) is 10.2 Å². The van der Waals surface area contributed by atoms with E-state index in [1.807, 2.05) is 30.3 Å². The number of amides is 1. The predicted octanol–water partition coefficient (Wildman–Crippen LogP) is 0.873. The Balaban J connectivity index is 1.93. The molecule has 5 heteroatoms. The SMILES string of the molecule is N#CCNC(=O)CN(Cc1cccc(N)c1)C1CC1. The van der Waals surface area contributed by atoms with Crippen LogP contribution in [0.15, 0.2) is 24.3 Å². The van der Waals surface area contributed by atoms with Crippen LogP contribution in [0.3, 0.4) is 0 Å². The summed E-state index contributed by atoms with van der Waals surface area (Å²) in [4.78, 5) is 13.8. The van der Waals surface area contributed by atoms with Gasteiger partial charge in [0, 0.05) is 18.3 Å². The molecule has 1 aliphatic carbocycles. The van der Waals surface area contributed by atoms with E-state index in [-0.39, 0.29) is 12.5 Å². The number of anilines is 1. The fourth-order valence-electron chi connectivity index (χ4n) is 2.06. The first-order valence-electron chi connectivity index (χ1n) is 6.41. The molecule has 1 amide bonds. The Morgan fingerprint density at radius 3 is 2.95 bits per heavy atom. The van der Waals surface area contributed by atoms with Gasteiger partial charge in [0.2, 0.25) is 5.91 Å². The van der Waals surface area contributed by atoms with Crippen LogP contribution in [-0.4, -0.2) is 29.9 Å². The fourth-order valence-corrected chi connectivity index (χ4v) is 2.06. The van der Waals surface area contributed by atoms with Crippen molar-refractivity contribution >= 4 is 11.6 Å². The number of nitrogens with one attached hydrogen (secondary N) is 1. The van der Waals surface area contributed by atoms with E-state index < -0.39 is 0 Å². The first-order valence-corrected chi connectivity index (χ1v) is 6.41. The average Bonchev–Trinajstić information content (AvgIpc) is 3.20. The van der Waals surface area contributed by atoms with E-state index in [4.69, 9.17) is 11.0 Å². The highest BCUT2D eigenvalue weighted by Gasteiger charge is 2.30. The van der Waals surface area contributed by atoms with Crippen LogP contribution < -0.4 is 11.1 Å². The van der Waals surface area contributed by atoms with Crippen molar-refractivity contribution in [3.8, 4) is 6.07 Å².